The van der Waals surface area contributed by atoms with Gasteiger partial charge < -0.3 is 21.4 Å². The first-order valence-corrected chi connectivity index (χ1v) is 15.5. The number of rotatable bonds is 9. The second-order valence-corrected chi connectivity index (χ2v) is 12.4. The zero-order valence-corrected chi connectivity index (χ0v) is 25.5. The minimum absolute atomic E-state index is 0.0190. The number of hydrogen-bond acceptors (Lipinski definition) is 5. The molecule has 3 aromatic carbocycles. The van der Waals surface area contributed by atoms with Crippen molar-refractivity contribution in [1.29, 1.82) is 0 Å². The molecule has 2 heterocycles. The van der Waals surface area contributed by atoms with Crippen LogP contribution in [0, 0.1) is 11.8 Å². The third-order valence-corrected chi connectivity index (χ3v) is 9.13. The van der Waals surface area contributed by atoms with E-state index in [0.29, 0.717) is 47.4 Å². The second kappa shape index (κ2) is 12.2. The van der Waals surface area contributed by atoms with Crippen LogP contribution in [-0.2, 0) is 16.0 Å². The molecule has 0 saturated heterocycles. The van der Waals surface area contributed by atoms with Crippen LogP contribution in [-0.4, -0.2) is 44.1 Å². The molecular weight excluding hydrogens is 570 g/mol. The summed E-state index contributed by atoms with van der Waals surface area (Å²) < 4.78 is 1.61. The molecule has 7 N–H and O–H groups in total. The number of nitrogens with two attached hydrogens (primary N) is 2. The van der Waals surface area contributed by atoms with E-state index in [2.05, 4.69) is 15.1 Å². The fraction of sp³-hybridized carbons (Fsp3) is 0.353. The molecule has 2 aromatic heterocycles. The zero-order valence-electron chi connectivity index (χ0n) is 25.5. The van der Waals surface area contributed by atoms with Gasteiger partial charge in [-0.05, 0) is 99.0 Å². The Hall–Kier alpha value is -4.90. The summed E-state index contributed by atoms with van der Waals surface area (Å²) in [6.07, 6.45) is 3.31. The Bertz CT molecular complexity index is 1970. The standard InChI is InChI=1S/C34H39N7O4/c1-19(2)41-33(44)26-13-11-24(16-28(26)39-41)22-7-3-20(4-8-22)15-30(31(36)42)40(32(43)23-9-5-21(18-35)6-10-23)25-12-14-27-29(17-25)38-34(45)37-27/h3-4,7-8,11-14,16-17,19,21,23,30,39H,5-6,9-10,15,18,35H2,1-2H3,(H2,36,42)(H2,37,38,45)/t21?,23?,30-/m0/s1. The molecule has 234 valence electrons. The first-order chi connectivity index (χ1) is 21.6. The predicted molar refractivity (Wildman–Crippen MR) is 176 cm³/mol. The van der Waals surface area contributed by atoms with Gasteiger partial charge in [0.2, 0.25) is 11.8 Å². The quantitative estimate of drug-likeness (QED) is 0.170. The van der Waals surface area contributed by atoms with E-state index in [4.69, 9.17) is 11.5 Å². The van der Waals surface area contributed by atoms with Gasteiger partial charge in [0.05, 0.1) is 21.9 Å². The Labute approximate surface area is 259 Å². The van der Waals surface area contributed by atoms with Gasteiger partial charge in [-0.25, -0.2) is 9.48 Å². The molecule has 0 aliphatic heterocycles. The number of fused-ring (bicyclic) bond motifs is 2. The van der Waals surface area contributed by atoms with Crippen LogP contribution >= 0.6 is 0 Å². The van der Waals surface area contributed by atoms with E-state index in [9.17, 15) is 19.2 Å². The maximum absolute atomic E-state index is 14.2. The van der Waals surface area contributed by atoms with Crippen LogP contribution in [0.4, 0.5) is 5.69 Å². The van der Waals surface area contributed by atoms with Crippen LogP contribution in [0.15, 0.2) is 70.3 Å². The Morgan fingerprint density at radius 1 is 0.889 bits per heavy atom. The molecule has 0 unspecified atom stereocenters. The predicted octanol–water partition coefficient (Wildman–Crippen LogP) is 3.94. The minimum atomic E-state index is -0.948. The molecule has 45 heavy (non-hydrogen) atoms. The number of amides is 2. The number of aromatic nitrogens is 4. The van der Waals surface area contributed by atoms with E-state index in [1.807, 2.05) is 56.3 Å². The Balaban J connectivity index is 1.31. The van der Waals surface area contributed by atoms with Crippen molar-refractivity contribution in [2.24, 2.45) is 23.3 Å². The number of benzene rings is 3. The fourth-order valence-electron chi connectivity index (χ4n) is 6.53. The number of carbonyl (C=O) groups is 2. The molecule has 1 saturated carbocycles. The lowest BCUT2D eigenvalue weighted by Crippen LogP contribution is -2.52. The lowest BCUT2D eigenvalue weighted by atomic mass is 9.81. The highest BCUT2D eigenvalue weighted by molar-refractivity contribution is 6.02. The number of H-pyrrole nitrogens is 3. The highest BCUT2D eigenvalue weighted by Crippen LogP contribution is 2.33. The van der Waals surface area contributed by atoms with E-state index in [1.165, 1.54) is 4.90 Å². The molecule has 5 aromatic rings. The first-order valence-electron chi connectivity index (χ1n) is 15.5. The largest absolute Gasteiger partial charge is 0.368 e. The van der Waals surface area contributed by atoms with Crippen molar-refractivity contribution in [2.75, 3.05) is 11.4 Å². The maximum atomic E-state index is 14.2. The summed E-state index contributed by atoms with van der Waals surface area (Å²) in [6, 6.07) is 17.7. The van der Waals surface area contributed by atoms with E-state index in [-0.39, 0.29) is 35.5 Å². The van der Waals surface area contributed by atoms with Crippen LogP contribution in [0.3, 0.4) is 0 Å². The van der Waals surface area contributed by atoms with Crippen LogP contribution in [0.2, 0.25) is 0 Å². The smallest absolute Gasteiger partial charge is 0.323 e. The summed E-state index contributed by atoms with van der Waals surface area (Å²) >= 11 is 0. The van der Waals surface area contributed by atoms with E-state index < -0.39 is 11.9 Å². The van der Waals surface area contributed by atoms with Crippen molar-refractivity contribution in [1.82, 2.24) is 19.7 Å². The fourth-order valence-corrected chi connectivity index (χ4v) is 6.53. The summed E-state index contributed by atoms with van der Waals surface area (Å²) in [6.45, 7) is 4.50. The van der Waals surface area contributed by atoms with Crippen LogP contribution < -0.4 is 27.6 Å². The second-order valence-electron chi connectivity index (χ2n) is 12.4. The Kier molecular flexibility index (Phi) is 8.20. The molecule has 11 heteroatoms. The van der Waals surface area contributed by atoms with Gasteiger partial charge in [-0.1, -0.05) is 30.3 Å². The molecule has 0 radical (unpaired) electrons. The van der Waals surface area contributed by atoms with Crippen molar-refractivity contribution in [3.05, 3.63) is 87.1 Å². The summed E-state index contributed by atoms with van der Waals surface area (Å²) in [4.78, 5) is 58.8. The number of primary amides is 1. The normalized spacial score (nSPS) is 17.6. The molecule has 1 atom stereocenters. The number of nitrogens with one attached hydrogen (secondary N) is 3. The molecular formula is C34H39N7O4. The number of anilines is 1. The monoisotopic (exact) mass is 609 g/mol. The third-order valence-electron chi connectivity index (χ3n) is 9.13. The first kappa shape index (κ1) is 30.1. The summed E-state index contributed by atoms with van der Waals surface area (Å²) in [7, 11) is 0. The SMILES string of the molecule is CC(C)n1[nH]c2cc(-c3ccc(C[C@@H](C(N)=O)N(C(=O)C4CCC(CN)CC4)c4ccc5[nH]c(=O)[nH]c5c4)cc3)ccc2c1=O. The van der Waals surface area contributed by atoms with Crippen molar-refractivity contribution >= 4 is 39.4 Å². The molecule has 2 amide bonds. The third kappa shape index (κ3) is 5.95. The van der Waals surface area contributed by atoms with Gasteiger partial charge in [-0.15, -0.1) is 0 Å². The lowest BCUT2D eigenvalue weighted by Gasteiger charge is -2.35. The number of aromatic amines is 3. The average molecular weight is 610 g/mol. The summed E-state index contributed by atoms with van der Waals surface area (Å²) in [5, 5.41) is 3.83. The van der Waals surface area contributed by atoms with Gasteiger partial charge in [0, 0.05) is 24.1 Å². The van der Waals surface area contributed by atoms with Gasteiger partial charge in [-0.3, -0.25) is 24.4 Å². The minimum Gasteiger partial charge on any atom is -0.368 e. The number of hydrogen-bond donors (Lipinski definition) is 5. The van der Waals surface area contributed by atoms with Gasteiger partial charge in [0.1, 0.15) is 6.04 Å². The van der Waals surface area contributed by atoms with Gasteiger partial charge >= 0.3 is 5.69 Å². The number of imidazole rings is 1. The Morgan fingerprint density at radius 3 is 2.24 bits per heavy atom. The zero-order chi connectivity index (χ0) is 31.8. The van der Waals surface area contributed by atoms with Crippen LogP contribution in [0.5, 0.6) is 0 Å². The summed E-state index contributed by atoms with van der Waals surface area (Å²) in [5.41, 5.74) is 16.6. The van der Waals surface area contributed by atoms with Crippen molar-refractivity contribution in [3.8, 4) is 11.1 Å². The Morgan fingerprint density at radius 2 is 1.58 bits per heavy atom. The topological polar surface area (TPSA) is 176 Å². The number of nitrogens with zero attached hydrogens (tertiary/aromatic N) is 2. The van der Waals surface area contributed by atoms with Crippen molar-refractivity contribution in [2.45, 2.75) is 58.0 Å². The number of carbonyl (C=O) groups excluding carboxylic acids is 2. The molecule has 0 spiro atoms. The highest BCUT2D eigenvalue weighted by atomic mass is 16.2. The molecule has 0 bridgehead atoms. The maximum Gasteiger partial charge on any atom is 0.323 e. The molecule has 1 aliphatic rings. The molecule has 1 fully saturated rings. The highest BCUT2D eigenvalue weighted by Gasteiger charge is 2.36. The molecule has 6 rings (SSSR count). The van der Waals surface area contributed by atoms with Crippen molar-refractivity contribution in [3.63, 3.8) is 0 Å². The van der Waals surface area contributed by atoms with E-state index in [1.54, 1.807) is 22.9 Å². The van der Waals surface area contributed by atoms with Crippen LogP contribution in [0.1, 0.15) is 51.1 Å². The van der Waals surface area contributed by atoms with Gasteiger partial charge in [-0.2, -0.15) is 0 Å². The summed E-state index contributed by atoms with van der Waals surface area (Å²) in [5.74, 6) is -0.635. The lowest BCUT2D eigenvalue weighted by molar-refractivity contribution is -0.127. The van der Waals surface area contributed by atoms with Crippen molar-refractivity contribution < 1.29 is 9.59 Å². The van der Waals surface area contributed by atoms with Gasteiger partial charge in [0.15, 0.2) is 0 Å². The average Bonchev–Trinajstić information content (AvgIpc) is 3.58. The van der Waals surface area contributed by atoms with E-state index in [0.717, 1.165) is 35.0 Å². The van der Waals surface area contributed by atoms with Crippen LogP contribution in [0.25, 0.3) is 33.1 Å². The van der Waals surface area contributed by atoms with Gasteiger partial charge in [0.25, 0.3) is 5.56 Å². The molecule has 1 aliphatic carbocycles. The molecule has 11 nitrogen and oxygen atoms in total. The van der Waals surface area contributed by atoms with E-state index >= 15 is 0 Å².